The summed E-state index contributed by atoms with van der Waals surface area (Å²) in [5.41, 5.74) is 0.228. The summed E-state index contributed by atoms with van der Waals surface area (Å²) in [4.78, 5) is 31.2. The summed E-state index contributed by atoms with van der Waals surface area (Å²) >= 11 is 0. The van der Waals surface area contributed by atoms with E-state index >= 15 is 0 Å². The molecule has 0 aliphatic rings. The van der Waals surface area contributed by atoms with E-state index in [9.17, 15) is 9.59 Å². The normalized spacial score (nSPS) is 11.6. The predicted octanol–water partition coefficient (Wildman–Crippen LogP) is 0.553. The molecule has 3 N–H and O–H groups in total. The quantitative estimate of drug-likeness (QED) is 0.677. The molecule has 20 heavy (non-hydrogen) atoms. The largest absolute Gasteiger partial charge is 0.372 e. The number of aromatic nitrogens is 2. The topological polar surface area (TPSA) is 96.0 Å². The molecule has 0 spiro atoms. The average Bonchev–Trinajstić information content (AvgIpc) is 2.47. The highest BCUT2D eigenvalue weighted by molar-refractivity contribution is 5.92. The maximum Gasteiger partial charge on any atom is 0.271 e. The lowest BCUT2D eigenvalue weighted by Crippen LogP contribution is -2.35. The molecule has 1 atom stereocenters. The van der Waals surface area contributed by atoms with E-state index in [0.29, 0.717) is 5.82 Å². The summed E-state index contributed by atoms with van der Waals surface area (Å²) < 4.78 is 0. The zero-order valence-corrected chi connectivity index (χ0v) is 12.1. The van der Waals surface area contributed by atoms with Gasteiger partial charge in [0.25, 0.3) is 5.91 Å². The molecule has 0 aliphatic carbocycles. The first-order chi connectivity index (χ1) is 9.56. The van der Waals surface area contributed by atoms with E-state index in [2.05, 4.69) is 25.9 Å². The summed E-state index contributed by atoms with van der Waals surface area (Å²) in [7, 11) is 1.72. The first-order valence-corrected chi connectivity index (χ1v) is 6.64. The van der Waals surface area contributed by atoms with Crippen LogP contribution in [0.1, 0.15) is 37.2 Å². The number of rotatable bonds is 7. The second-order valence-electron chi connectivity index (χ2n) is 4.42. The molecule has 0 aromatic carbocycles. The number of hydrogen-bond donors (Lipinski definition) is 3. The molecular weight excluding hydrogens is 258 g/mol. The van der Waals surface area contributed by atoms with Crippen LogP contribution in [-0.2, 0) is 4.79 Å². The van der Waals surface area contributed by atoms with E-state index in [1.165, 1.54) is 12.4 Å². The number of nitrogens with one attached hydrogen (secondary N) is 3. The highest BCUT2D eigenvalue weighted by Gasteiger charge is 2.09. The van der Waals surface area contributed by atoms with Crippen LogP contribution in [-0.4, -0.2) is 41.4 Å². The monoisotopic (exact) mass is 279 g/mol. The van der Waals surface area contributed by atoms with Crippen LogP contribution in [0.25, 0.3) is 0 Å². The van der Waals surface area contributed by atoms with E-state index < -0.39 is 0 Å². The Morgan fingerprint density at radius 2 is 2.05 bits per heavy atom. The number of hydrogen-bond acceptors (Lipinski definition) is 5. The lowest BCUT2D eigenvalue weighted by atomic mass is 10.2. The molecule has 7 nitrogen and oxygen atoms in total. The van der Waals surface area contributed by atoms with Crippen LogP contribution in [0.3, 0.4) is 0 Å². The molecule has 7 heteroatoms. The van der Waals surface area contributed by atoms with Crippen molar-refractivity contribution in [1.82, 2.24) is 20.6 Å². The molecule has 0 bridgehead atoms. The highest BCUT2D eigenvalue weighted by Crippen LogP contribution is 1.99. The minimum absolute atomic E-state index is 0.0729. The summed E-state index contributed by atoms with van der Waals surface area (Å²) in [6, 6.07) is 0.151. The van der Waals surface area contributed by atoms with Crippen molar-refractivity contribution >= 4 is 17.6 Å². The molecule has 0 aliphatic heterocycles. The van der Waals surface area contributed by atoms with Crippen molar-refractivity contribution in [3.05, 3.63) is 18.1 Å². The fraction of sp³-hybridized carbons (Fsp3) is 0.538. The Balaban J connectivity index is 2.34. The van der Waals surface area contributed by atoms with E-state index in [1.807, 2.05) is 13.8 Å². The van der Waals surface area contributed by atoms with Gasteiger partial charge in [-0.15, -0.1) is 0 Å². The minimum Gasteiger partial charge on any atom is -0.372 e. The number of nitrogens with zero attached hydrogens (tertiary/aromatic N) is 2. The molecule has 1 rings (SSSR count). The Kier molecular flexibility index (Phi) is 6.42. The van der Waals surface area contributed by atoms with Gasteiger partial charge in [-0.25, -0.2) is 9.97 Å². The second kappa shape index (κ2) is 8.08. The van der Waals surface area contributed by atoms with Crippen LogP contribution in [0.4, 0.5) is 5.82 Å². The van der Waals surface area contributed by atoms with Gasteiger partial charge in [-0.05, 0) is 13.3 Å². The van der Waals surface area contributed by atoms with Gasteiger partial charge in [0.2, 0.25) is 5.91 Å². The first-order valence-electron chi connectivity index (χ1n) is 6.64. The molecule has 2 amide bonds. The van der Waals surface area contributed by atoms with Gasteiger partial charge in [0.05, 0.1) is 12.4 Å². The van der Waals surface area contributed by atoms with Crippen molar-refractivity contribution in [3.63, 3.8) is 0 Å². The molecule has 1 heterocycles. The van der Waals surface area contributed by atoms with E-state index in [4.69, 9.17) is 0 Å². The SMILES string of the molecule is CCC(C)NC(=O)CCNC(=O)c1cnc(NC)cn1. The van der Waals surface area contributed by atoms with Gasteiger partial charge in [0.1, 0.15) is 11.5 Å². The number of anilines is 1. The van der Waals surface area contributed by atoms with Gasteiger partial charge in [0, 0.05) is 26.1 Å². The number of amides is 2. The van der Waals surface area contributed by atoms with Crippen LogP contribution in [0.15, 0.2) is 12.4 Å². The molecule has 0 radical (unpaired) electrons. The van der Waals surface area contributed by atoms with Crippen LogP contribution in [0.5, 0.6) is 0 Å². The van der Waals surface area contributed by atoms with Gasteiger partial charge in [-0.2, -0.15) is 0 Å². The molecule has 1 aromatic rings. The Labute approximate surface area is 118 Å². The lowest BCUT2D eigenvalue weighted by molar-refractivity contribution is -0.121. The Morgan fingerprint density at radius 1 is 1.30 bits per heavy atom. The van der Waals surface area contributed by atoms with Crippen molar-refractivity contribution in [2.45, 2.75) is 32.7 Å². The fourth-order valence-electron chi connectivity index (χ4n) is 1.40. The average molecular weight is 279 g/mol. The Hall–Kier alpha value is -2.18. The summed E-state index contributed by atoms with van der Waals surface area (Å²) in [6.45, 7) is 4.21. The fourth-order valence-corrected chi connectivity index (χ4v) is 1.40. The van der Waals surface area contributed by atoms with Crippen molar-refractivity contribution in [3.8, 4) is 0 Å². The van der Waals surface area contributed by atoms with Crippen molar-refractivity contribution < 1.29 is 9.59 Å². The van der Waals surface area contributed by atoms with Gasteiger partial charge in [-0.3, -0.25) is 9.59 Å². The maximum atomic E-state index is 11.7. The molecule has 0 saturated carbocycles. The van der Waals surface area contributed by atoms with Gasteiger partial charge < -0.3 is 16.0 Å². The van der Waals surface area contributed by atoms with E-state index in [-0.39, 0.29) is 36.5 Å². The molecule has 1 unspecified atom stereocenters. The van der Waals surface area contributed by atoms with E-state index in [1.54, 1.807) is 7.05 Å². The summed E-state index contributed by atoms with van der Waals surface area (Å²) in [5.74, 6) is 0.183. The lowest BCUT2D eigenvalue weighted by Gasteiger charge is -2.11. The number of carbonyl (C=O) groups excluding carboxylic acids is 2. The second-order valence-corrected chi connectivity index (χ2v) is 4.42. The summed E-state index contributed by atoms with van der Waals surface area (Å²) in [6.07, 6.45) is 3.99. The third kappa shape index (κ3) is 5.21. The van der Waals surface area contributed by atoms with Crippen LogP contribution >= 0.6 is 0 Å². The van der Waals surface area contributed by atoms with Crippen LogP contribution in [0, 0.1) is 0 Å². The Morgan fingerprint density at radius 3 is 2.60 bits per heavy atom. The van der Waals surface area contributed by atoms with Gasteiger partial charge >= 0.3 is 0 Å². The standard InChI is InChI=1S/C13H21N5O2/c1-4-9(2)18-12(19)5-6-15-13(20)10-7-17-11(14-3)8-16-10/h7-9H,4-6H2,1-3H3,(H,14,17)(H,15,20)(H,18,19). The molecule has 110 valence electrons. The zero-order valence-electron chi connectivity index (χ0n) is 12.1. The zero-order chi connectivity index (χ0) is 15.0. The molecule has 0 fully saturated rings. The summed E-state index contributed by atoms with van der Waals surface area (Å²) in [5, 5.41) is 8.28. The van der Waals surface area contributed by atoms with Crippen molar-refractivity contribution in [2.24, 2.45) is 0 Å². The van der Waals surface area contributed by atoms with Crippen LogP contribution in [0.2, 0.25) is 0 Å². The van der Waals surface area contributed by atoms with Crippen molar-refractivity contribution in [1.29, 1.82) is 0 Å². The Bertz CT molecular complexity index is 447. The smallest absolute Gasteiger partial charge is 0.271 e. The van der Waals surface area contributed by atoms with Gasteiger partial charge in [-0.1, -0.05) is 6.92 Å². The van der Waals surface area contributed by atoms with Crippen LogP contribution < -0.4 is 16.0 Å². The third-order valence-corrected chi connectivity index (χ3v) is 2.80. The first kappa shape index (κ1) is 15.9. The minimum atomic E-state index is -0.337. The van der Waals surface area contributed by atoms with E-state index in [0.717, 1.165) is 6.42 Å². The maximum absolute atomic E-state index is 11.7. The molecule has 1 aromatic heterocycles. The predicted molar refractivity (Wildman–Crippen MR) is 76.4 cm³/mol. The highest BCUT2D eigenvalue weighted by atomic mass is 16.2. The third-order valence-electron chi connectivity index (χ3n) is 2.80. The van der Waals surface area contributed by atoms with Gasteiger partial charge in [0.15, 0.2) is 0 Å². The van der Waals surface area contributed by atoms with Crippen molar-refractivity contribution in [2.75, 3.05) is 18.9 Å². The molecule has 0 saturated heterocycles. The molecular formula is C13H21N5O2. The number of carbonyl (C=O) groups is 2.